The van der Waals surface area contributed by atoms with Gasteiger partial charge in [-0.25, -0.2) is 4.39 Å². The summed E-state index contributed by atoms with van der Waals surface area (Å²) in [5.74, 6) is -1.42. The first-order chi connectivity index (χ1) is 7.45. The van der Waals surface area contributed by atoms with Crippen molar-refractivity contribution in [3.05, 3.63) is 34.6 Å². The van der Waals surface area contributed by atoms with Gasteiger partial charge < -0.3 is 5.11 Å². The number of rotatable bonds is 4. The minimum absolute atomic E-state index is 0.0179. The third-order valence-electron chi connectivity index (χ3n) is 2.97. The number of benzene rings is 1. The summed E-state index contributed by atoms with van der Waals surface area (Å²) in [6, 6.07) is 3.25. The Hall–Kier alpha value is -1.38. The third kappa shape index (κ3) is 2.81. The second-order valence-corrected chi connectivity index (χ2v) is 4.16. The second kappa shape index (κ2) is 5.10. The molecule has 0 radical (unpaired) electrons. The SMILES string of the molecule is CCC(CC(=O)O)c1cc(C)c(C)cc1F. The Morgan fingerprint density at radius 3 is 2.44 bits per heavy atom. The van der Waals surface area contributed by atoms with Crippen molar-refractivity contribution >= 4 is 5.97 Å². The highest BCUT2D eigenvalue weighted by atomic mass is 19.1. The van der Waals surface area contributed by atoms with Crippen molar-refractivity contribution in [1.29, 1.82) is 0 Å². The van der Waals surface area contributed by atoms with E-state index >= 15 is 0 Å². The van der Waals surface area contributed by atoms with Crippen molar-refractivity contribution in [2.45, 2.75) is 39.5 Å². The highest BCUT2D eigenvalue weighted by molar-refractivity contribution is 5.68. The summed E-state index contributed by atoms with van der Waals surface area (Å²) in [6.07, 6.45) is 0.613. The second-order valence-electron chi connectivity index (χ2n) is 4.16. The summed E-state index contributed by atoms with van der Waals surface area (Å²) in [5, 5.41) is 8.77. The fourth-order valence-electron chi connectivity index (χ4n) is 1.80. The summed E-state index contributed by atoms with van der Waals surface area (Å²) in [5.41, 5.74) is 2.42. The lowest BCUT2D eigenvalue weighted by Gasteiger charge is -2.15. The average molecular weight is 224 g/mol. The standard InChI is InChI=1S/C13H17FO2/c1-4-10(7-13(15)16)11-5-8(2)9(3)6-12(11)14/h5-6,10H,4,7H2,1-3H3,(H,15,16). The van der Waals surface area contributed by atoms with Crippen molar-refractivity contribution in [2.75, 3.05) is 0 Å². The lowest BCUT2D eigenvalue weighted by molar-refractivity contribution is -0.137. The highest BCUT2D eigenvalue weighted by Crippen LogP contribution is 2.27. The first-order valence-electron chi connectivity index (χ1n) is 5.44. The normalized spacial score (nSPS) is 12.5. The van der Waals surface area contributed by atoms with Crippen LogP contribution in [0.4, 0.5) is 4.39 Å². The average Bonchev–Trinajstić information content (AvgIpc) is 2.20. The van der Waals surface area contributed by atoms with Crippen LogP contribution in [0.15, 0.2) is 12.1 Å². The minimum atomic E-state index is -0.885. The van der Waals surface area contributed by atoms with Gasteiger partial charge in [0.25, 0.3) is 0 Å². The molecule has 0 saturated heterocycles. The van der Waals surface area contributed by atoms with Gasteiger partial charge in [-0.3, -0.25) is 4.79 Å². The van der Waals surface area contributed by atoms with Crippen LogP contribution in [0.25, 0.3) is 0 Å². The Labute approximate surface area is 95.1 Å². The van der Waals surface area contributed by atoms with Gasteiger partial charge in [-0.05, 0) is 48.9 Å². The predicted molar refractivity (Wildman–Crippen MR) is 61.2 cm³/mol. The summed E-state index contributed by atoms with van der Waals surface area (Å²) in [4.78, 5) is 10.7. The highest BCUT2D eigenvalue weighted by Gasteiger charge is 2.18. The Morgan fingerprint density at radius 1 is 1.38 bits per heavy atom. The Bertz CT molecular complexity index is 399. The zero-order chi connectivity index (χ0) is 12.3. The molecule has 2 nitrogen and oxygen atoms in total. The molecule has 0 aliphatic heterocycles. The van der Waals surface area contributed by atoms with Crippen molar-refractivity contribution < 1.29 is 14.3 Å². The predicted octanol–water partition coefficient (Wildman–Crippen LogP) is 3.41. The summed E-state index contributed by atoms with van der Waals surface area (Å²) >= 11 is 0. The van der Waals surface area contributed by atoms with Crippen LogP contribution in [0.1, 0.15) is 42.4 Å². The molecule has 0 aliphatic rings. The van der Waals surface area contributed by atoms with Gasteiger partial charge >= 0.3 is 5.97 Å². The molecule has 3 heteroatoms. The first-order valence-corrected chi connectivity index (χ1v) is 5.44. The van der Waals surface area contributed by atoms with Crippen molar-refractivity contribution in [1.82, 2.24) is 0 Å². The van der Waals surface area contributed by atoms with Crippen molar-refractivity contribution in [2.24, 2.45) is 0 Å². The molecule has 0 fully saturated rings. The zero-order valence-corrected chi connectivity index (χ0v) is 9.88. The molecule has 1 aromatic carbocycles. The molecule has 0 aromatic heterocycles. The van der Waals surface area contributed by atoms with E-state index in [-0.39, 0.29) is 18.2 Å². The molecule has 1 N–H and O–H groups in total. The van der Waals surface area contributed by atoms with Gasteiger partial charge in [-0.1, -0.05) is 13.0 Å². The largest absolute Gasteiger partial charge is 0.481 e. The Balaban J connectivity index is 3.09. The topological polar surface area (TPSA) is 37.3 Å². The van der Waals surface area contributed by atoms with Gasteiger partial charge in [0.2, 0.25) is 0 Å². The fourth-order valence-corrected chi connectivity index (χ4v) is 1.80. The van der Waals surface area contributed by atoms with E-state index in [2.05, 4.69) is 0 Å². The number of carboxylic acid groups (broad SMARTS) is 1. The molecule has 1 unspecified atom stereocenters. The van der Waals surface area contributed by atoms with Crippen LogP contribution in [-0.2, 0) is 4.79 Å². The fraction of sp³-hybridized carbons (Fsp3) is 0.462. The van der Waals surface area contributed by atoms with Gasteiger partial charge in [-0.15, -0.1) is 0 Å². The molecule has 1 aromatic rings. The molecule has 0 spiro atoms. The smallest absolute Gasteiger partial charge is 0.303 e. The molecule has 0 aliphatic carbocycles. The minimum Gasteiger partial charge on any atom is -0.481 e. The number of aliphatic carboxylic acids is 1. The molecule has 1 atom stereocenters. The molecule has 0 amide bonds. The number of hydrogen-bond donors (Lipinski definition) is 1. The quantitative estimate of drug-likeness (QED) is 0.850. The molecule has 0 heterocycles. The number of halogens is 1. The van der Waals surface area contributed by atoms with Crippen LogP contribution in [0, 0.1) is 19.7 Å². The van der Waals surface area contributed by atoms with Gasteiger partial charge in [0.15, 0.2) is 0 Å². The van der Waals surface area contributed by atoms with Crippen molar-refractivity contribution in [3.8, 4) is 0 Å². The molecule has 88 valence electrons. The number of hydrogen-bond acceptors (Lipinski definition) is 1. The van der Waals surface area contributed by atoms with E-state index in [1.165, 1.54) is 6.07 Å². The number of carboxylic acids is 1. The van der Waals surface area contributed by atoms with Gasteiger partial charge in [0, 0.05) is 0 Å². The zero-order valence-electron chi connectivity index (χ0n) is 9.88. The van der Waals surface area contributed by atoms with Crippen LogP contribution in [0.5, 0.6) is 0 Å². The maximum Gasteiger partial charge on any atom is 0.303 e. The third-order valence-corrected chi connectivity index (χ3v) is 2.97. The maximum absolute atomic E-state index is 13.7. The molecular weight excluding hydrogens is 207 g/mol. The molecular formula is C13H17FO2. The number of aryl methyl sites for hydroxylation is 2. The molecule has 1 rings (SSSR count). The van der Waals surface area contributed by atoms with Crippen molar-refractivity contribution in [3.63, 3.8) is 0 Å². The van der Waals surface area contributed by atoms with E-state index in [0.717, 1.165) is 11.1 Å². The van der Waals surface area contributed by atoms with Gasteiger partial charge in [0.1, 0.15) is 5.82 Å². The lowest BCUT2D eigenvalue weighted by atomic mass is 9.90. The summed E-state index contributed by atoms with van der Waals surface area (Å²) in [7, 11) is 0. The monoisotopic (exact) mass is 224 g/mol. The first kappa shape index (κ1) is 12.7. The molecule has 16 heavy (non-hydrogen) atoms. The van der Waals surface area contributed by atoms with Gasteiger partial charge in [0.05, 0.1) is 6.42 Å². The van der Waals surface area contributed by atoms with Crippen LogP contribution >= 0.6 is 0 Å². The summed E-state index contributed by atoms with van der Waals surface area (Å²) < 4.78 is 13.7. The Morgan fingerprint density at radius 2 is 1.94 bits per heavy atom. The lowest BCUT2D eigenvalue weighted by Crippen LogP contribution is -2.08. The van der Waals surface area contributed by atoms with E-state index in [1.54, 1.807) is 6.07 Å². The van der Waals surface area contributed by atoms with E-state index in [4.69, 9.17) is 5.11 Å². The Kier molecular flexibility index (Phi) is 4.05. The maximum atomic E-state index is 13.7. The van der Waals surface area contributed by atoms with Crippen LogP contribution in [0.3, 0.4) is 0 Å². The van der Waals surface area contributed by atoms with Crippen LogP contribution in [0.2, 0.25) is 0 Å². The van der Waals surface area contributed by atoms with E-state index in [9.17, 15) is 9.18 Å². The van der Waals surface area contributed by atoms with E-state index < -0.39 is 5.97 Å². The van der Waals surface area contributed by atoms with Crippen LogP contribution in [-0.4, -0.2) is 11.1 Å². The van der Waals surface area contributed by atoms with Crippen LogP contribution < -0.4 is 0 Å². The number of carbonyl (C=O) groups is 1. The van der Waals surface area contributed by atoms with E-state index in [1.807, 2.05) is 20.8 Å². The van der Waals surface area contributed by atoms with Gasteiger partial charge in [-0.2, -0.15) is 0 Å². The van der Waals surface area contributed by atoms with E-state index in [0.29, 0.717) is 12.0 Å². The summed E-state index contributed by atoms with van der Waals surface area (Å²) in [6.45, 7) is 5.63. The molecule has 0 bridgehead atoms. The molecule has 0 saturated carbocycles.